The number of nitrogens with zero attached hydrogens (tertiary/aromatic N) is 3. The number of likely N-dealkylation sites (N-methyl/N-ethyl adjacent to an activating group) is 1. The molecule has 24 heavy (non-hydrogen) atoms. The molecule has 6 heteroatoms. The van der Waals surface area contributed by atoms with Crippen molar-refractivity contribution in [3.05, 3.63) is 23.9 Å². The van der Waals surface area contributed by atoms with E-state index in [-0.39, 0.29) is 12.5 Å². The summed E-state index contributed by atoms with van der Waals surface area (Å²) in [6.45, 7) is 7.69. The van der Waals surface area contributed by atoms with E-state index in [2.05, 4.69) is 22.1 Å². The normalized spacial score (nSPS) is 17.9. The largest absolute Gasteiger partial charge is 0.390 e. The third kappa shape index (κ3) is 6.55. The van der Waals surface area contributed by atoms with Crippen molar-refractivity contribution in [1.82, 2.24) is 14.8 Å². The molecule has 0 saturated carbocycles. The number of carbonyl (C=O) groups excluding carboxylic acids is 1. The Kier molecular flexibility index (Phi) is 7.15. The molecule has 0 aliphatic carbocycles. The van der Waals surface area contributed by atoms with Crippen molar-refractivity contribution in [2.45, 2.75) is 32.8 Å². The van der Waals surface area contributed by atoms with Gasteiger partial charge in [0.05, 0.1) is 12.6 Å². The highest BCUT2D eigenvalue weighted by Gasteiger charge is 2.19. The Morgan fingerprint density at radius 1 is 1.46 bits per heavy atom. The molecule has 0 spiro atoms. The zero-order chi connectivity index (χ0) is 17.5. The van der Waals surface area contributed by atoms with Gasteiger partial charge in [-0.1, -0.05) is 13.0 Å². The van der Waals surface area contributed by atoms with Crippen LogP contribution in [0.25, 0.3) is 0 Å². The maximum absolute atomic E-state index is 12.1. The lowest BCUT2D eigenvalue weighted by molar-refractivity contribution is -0.117. The number of nitrogens with one attached hydrogen (secondary N) is 1. The molecule has 134 valence electrons. The van der Waals surface area contributed by atoms with E-state index in [9.17, 15) is 9.90 Å². The highest BCUT2D eigenvalue weighted by Crippen LogP contribution is 2.16. The Balaban J connectivity index is 1.69. The number of aryl methyl sites for hydroxylation is 1. The highest BCUT2D eigenvalue weighted by atomic mass is 16.3. The number of rotatable bonds is 7. The van der Waals surface area contributed by atoms with Crippen LogP contribution in [0.15, 0.2) is 18.2 Å². The summed E-state index contributed by atoms with van der Waals surface area (Å²) in [6.07, 6.45) is 1.97. The monoisotopic (exact) mass is 334 g/mol. The van der Waals surface area contributed by atoms with Crippen molar-refractivity contribution in [3.8, 4) is 0 Å². The minimum atomic E-state index is -0.437. The van der Waals surface area contributed by atoms with E-state index in [0.29, 0.717) is 18.9 Å². The van der Waals surface area contributed by atoms with Gasteiger partial charge in [0.15, 0.2) is 0 Å². The summed E-state index contributed by atoms with van der Waals surface area (Å²) in [7, 11) is 1.85. The van der Waals surface area contributed by atoms with Crippen molar-refractivity contribution in [2.24, 2.45) is 5.92 Å². The van der Waals surface area contributed by atoms with Crippen molar-refractivity contribution in [1.29, 1.82) is 0 Å². The molecule has 1 aliphatic heterocycles. The van der Waals surface area contributed by atoms with Gasteiger partial charge in [-0.05, 0) is 58.0 Å². The smallest absolute Gasteiger partial charge is 0.239 e. The first-order valence-corrected chi connectivity index (χ1v) is 8.75. The average Bonchev–Trinajstić information content (AvgIpc) is 2.49. The third-order valence-corrected chi connectivity index (χ3v) is 4.44. The lowest BCUT2D eigenvalue weighted by Crippen LogP contribution is -2.43. The van der Waals surface area contributed by atoms with Crippen molar-refractivity contribution < 1.29 is 9.90 Å². The summed E-state index contributed by atoms with van der Waals surface area (Å²) < 4.78 is 0. The van der Waals surface area contributed by atoms with Crippen LogP contribution in [-0.2, 0) is 4.79 Å². The van der Waals surface area contributed by atoms with Crippen LogP contribution in [0.4, 0.5) is 5.82 Å². The van der Waals surface area contributed by atoms with E-state index >= 15 is 0 Å². The predicted molar refractivity (Wildman–Crippen MR) is 95.9 cm³/mol. The van der Waals surface area contributed by atoms with E-state index in [4.69, 9.17) is 0 Å². The molecular weight excluding hydrogens is 304 g/mol. The van der Waals surface area contributed by atoms with Crippen LogP contribution in [-0.4, -0.2) is 71.7 Å². The Morgan fingerprint density at radius 2 is 2.17 bits per heavy atom. The Hall–Kier alpha value is -1.50. The summed E-state index contributed by atoms with van der Waals surface area (Å²) in [4.78, 5) is 20.5. The summed E-state index contributed by atoms with van der Waals surface area (Å²) >= 11 is 0. The zero-order valence-corrected chi connectivity index (χ0v) is 15.0. The first kappa shape index (κ1) is 18.8. The number of pyridine rings is 1. The van der Waals surface area contributed by atoms with Gasteiger partial charge >= 0.3 is 0 Å². The van der Waals surface area contributed by atoms with E-state index < -0.39 is 6.10 Å². The SMILES string of the molecule is Cc1cccc(NC(=O)CN(C)CC(O)CN2CCC(C)CC2)n1. The van der Waals surface area contributed by atoms with E-state index in [1.54, 1.807) is 6.07 Å². The molecule has 0 bridgehead atoms. The highest BCUT2D eigenvalue weighted by molar-refractivity contribution is 5.91. The van der Waals surface area contributed by atoms with Crippen molar-refractivity contribution in [2.75, 3.05) is 45.1 Å². The van der Waals surface area contributed by atoms with Gasteiger partial charge in [-0.15, -0.1) is 0 Å². The van der Waals surface area contributed by atoms with Gasteiger partial charge in [0, 0.05) is 18.8 Å². The van der Waals surface area contributed by atoms with Crippen LogP contribution in [0, 0.1) is 12.8 Å². The number of aromatic nitrogens is 1. The van der Waals surface area contributed by atoms with Gasteiger partial charge in [0.1, 0.15) is 5.82 Å². The number of aliphatic hydroxyl groups excluding tert-OH is 1. The average molecular weight is 334 g/mol. The number of piperidine rings is 1. The maximum atomic E-state index is 12.1. The molecule has 0 aromatic carbocycles. The predicted octanol–water partition coefficient (Wildman–Crippen LogP) is 1.35. The molecule has 6 nitrogen and oxygen atoms in total. The lowest BCUT2D eigenvalue weighted by atomic mass is 9.99. The second-order valence-corrected chi connectivity index (χ2v) is 7.05. The molecule has 1 aliphatic rings. The number of likely N-dealkylation sites (tertiary alicyclic amines) is 1. The van der Waals surface area contributed by atoms with Gasteiger partial charge in [0.2, 0.25) is 5.91 Å². The van der Waals surface area contributed by atoms with Gasteiger partial charge in [-0.3, -0.25) is 9.69 Å². The van der Waals surface area contributed by atoms with E-state index in [0.717, 1.165) is 24.7 Å². The number of β-amino-alcohol motifs (C(OH)–C–C–N with tert-alkyl or cyclic N) is 1. The molecular formula is C18H30N4O2. The summed E-state index contributed by atoms with van der Waals surface area (Å²) in [5, 5.41) is 13.0. The fraction of sp³-hybridized carbons (Fsp3) is 0.667. The molecule has 1 aromatic rings. The standard InChI is InChI=1S/C18H30N4O2/c1-14-7-9-22(10-8-14)12-16(23)11-21(3)13-18(24)20-17-6-4-5-15(2)19-17/h4-6,14,16,23H,7-13H2,1-3H3,(H,19,20,24). The lowest BCUT2D eigenvalue weighted by Gasteiger charge is -2.32. The minimum absolute atomic E-state index is 0.116. The molecule has 1 unspecified atom stereocenters. The summed E-state index contributed by atoms with van der Waals surface area (Å²) in [5.74, 6) is 1.24. The van der Waals surface area contributed by atoms with Crippen LogP contribution >= 0.6 is 0 Å². The number of amides is 1. The van der Waals surface area contributed by atoms with Crippen LogP contribution < -0.4 is 5.32 Å². The zero-order valence-electron chi connectivity index (χ0n) is 15.0. The van der Waals surface area contributed by atoms with Crippen LogP contribution in [0.3, 0.4) is 0 Å². The molecule has 1 aromatic heterocycles. The first-order valence-electron chi connectivity index (χ1n) is 8.75. The van der Waals surface area contributed by atoms with E-state index in [1.807, 2.05) is 31.0 Å². The van der Waals surface area contributed by atoms with Crippen molar-refractivity contribution in [3.63, 3.8) is 0 Å². The fourth-order valence-corrected chi connectivity index (χ4v) is 3.06. The number of aliphatic hydroxyl groups is 1. The molecule has 2 rings (SSSR count). The molecule has 0 radical (unpaired) electrons. The summed E-state index contributed by atoms with van der Waals surface area (Å²) in [5.41, 5.74) is 0.868. The van der Waals surface area contributed by atoms with Gasteiger partial charge in [-0.2, -0.15) is 0 Å². The Morgan fingerprint density at radius 3 is 2.83 bits per heavy atom. The van der Waals surface area contributed by atoms with Gasteiger partial charge < -0.3 is 15.3 Å². The fourth-order valence-electron chi connectivity index (χ4n) is 3.06. The Labute approximate surface area is 144 Å². The molecule has 1 atom stereocenters. The van der Waals surface area contributed by atoms with Crippen LogP contribution in [0.1, 0.15) is 25.5 Å². The number of hydrogen-bond donors (Lipinski definition) is 2. The number of carbonyl (C=O) groups is 1. The maximum Gasteiger partial charge on any atom is 0.239 e. The topological polar surface area (TPSA) is 68.7 Å². The second kappa shape index (κ2) is 9.11. The summed E-state index contributed by atoms with van der Waals surface area (Å²) in [6, 6.07) is 5.53. The van der Waals surface area contributed by atoms with Gasteiger partial charge in [0.25, 0.3) is 0 Å². The third-order valence-electron chi connectivity index (χ3n) is 4.44. The molecule has 1 fully saturated rings. The molecule has 2 N–H and O–H groups in total. The molecule has 1 amide bonds. The Bertz CT molecular complexity index is 530. The molecule has 2 heterocycles. The number of hydrogen-bond acceptors (Lipinski definition) is 5. The van der Waals surface area contributed by atoms with Crippen LogP contribution in [0.5, 0.6) is 0 Å². The second-order valence-electron chi connectivity index (χ2n) is 7.05. The molecule has 1 saturated heterocycles. The first-order chi connectivity index (χ1) is 11.4. The van der Waals surface area contributed by atoms with Crippen molar-refractivity contribution >= 4 is 11.7 Å². The van der Waals surface area contributed by atoms with Gasteiger partial charge in [-0.25, -0.2) is 4.98 Å². The minimum Gasteiger partial charge on any atom is -0.390 e. The van der Waals surface area contributed by atoms with Crippen LogP contribution in [0.2, 0.25) is 0 Å². The number of anilines is 1. The van der Waals surface area contributed by atoms with E-state index in [1.165, 1.54) is 12.8 Å². The quantitative estimate of drug-likeness (QED) is 0.788.